The molecule has 1 aromatic rings. The normalized spacial score (nSPS) is 17.7. The van der Waals surface area contributed by atoms with E-state index in [0.717, 1.165) is 23.5 Å². The average molecular weight is 442 g/mol. The maximum Gasteiger partial charge on any atom is 0.511 e. The number of sulfonamides is 1. The summed E-state index contributed by atoms with van der Waals surface area (Å²) in [6.07, 6.45) is 2.21. The van der Waals surface area contributed by atoms with E-state index in [4.69, 9.17) is 0 Å². The zero-order chi connectivity index (χ0) is 20.9. The molecule has 1 aliphatic rings. The fraction of sp³-hybridized carbons (Fsp3) is 0.750. The van der Waals surface area contributed by atoms with Crippen LogP contribution in [0.25, 0.3) is 0 Å². The molecule has 0 spiro atoms. The zero-order valence-electron chi connectivity index (χ0n) is 16.1. The number of guanidine groups is 1. The average Bonchev–Trinajstić information content (AvgIpc) is 3.00. The molecular weight excluding hydrogens is 415 g/mol. The first-order valence-electron chi connectivity index (χ1n) is 9.07. The maximum atomic E-state index is 12.6. The van der Waals surface area contributed by atoms with E-state index >= 15 is 0 Å². The topological polar surface area (TPSA) is 86.7 Å². The maximum absolute atomic E-state index is 12.6. The van der Waals surface area contributed by atoms with Gasteiger partial charge in [-0.3, -0.25) is 4.99 Å². The van der Waals surface area contributed by atoms with Gasteiger partial charge < -0.3 is 10.6 Å². The number of aryl methyl sites for hydroxylation is 2. The monoisotopic (exact) mass is 441 g/mol. The predicted molar refractivity (Wildman–Crippen MR) is 104 cm³/mol. The quantitative estimate of drug-likeness (QED) is 0.521. The minimum Gasteiger partial charge on any atom is -0.356 e. The van der Waals surface area contributed by atoms with Crippen LogP contribution < -0.4 is 10.6 Å². The summed E-state index contributed by atoms with van der Waals surface area (Å²) in [6.45, 7) is 4.40. The van der Waals surface area contributed by atoms with Gasteiger partial charge in [0.05, 0.1) is 10.7 Å². The van der Waals surface area contributed by atoms with Gasteiger partial charge in [0, 0.05) is 44.0 Å². The SMILES string of the molecule is CCc1nc(CCNC(=NC)NC2CCN(S(=O)(=O)C(F)(F)F)CC2)sc1C. The minimum atomic E-state index is -5.25. The minimum absolute atomic E-state index is 0.139. The Morgan fingerprint density at radius 1 is 1.36 bits per heavy atom. The van der Waals surface area contributed by atoms with Crippen LogP contribution in [0.1, 0.15) is 35.3 Å². The van der Waals surface area contributed by atoms with Gasteiger partial charge in [-0.2, -0.15) is 17.5 Å². The highest BCUT2D eigenvalue weighted by Crippen LogP contribution is 2.28. The van der Waals surface area contributed by atoms with Gasteiger partial charge in [0.25, 0.3) is 0 Å². The Bertz CT molecular complexity index is 785. The lowest BCUT2D eigenvalue weighted by Crippen LogP contribution is -2.51. The lowest BCUT2D eigenvalue weighted by Gasteiger charge is -2.32. The molecular formula is C16H26F3N5O2S2. The van der Waals surface area contributed by atoms with E-state index in [1.165, 1.54) is 4.88 Å². The fourth-order valence-corrected chi connectivity index (χ4v) is 4.99. The number of rotatable bonds is 6. The smallest absolute Gasteiger partial charge is 0.356 e. The third kappa shape index (κ3) is 5.57. The van der Waals surface area contributed by atoms with E-state index in [2.05, 4.69) is 34.5 Å². The van der Waals surface area contributed by atoms with Crippen LogP contribution in [0, 0.1) is 6.92 Å². The van der Waals surface area contributed by atoms with Gasteiger partial charge in [0.15, 0.2) is 5.96 Å². The summed E-state index contributed by atoms with van der Waals surface area (Å²) in [5.74, 6) is 0.543. The number of hydrogen-bond donors (Lipinski definition) is 2. The first-order chi connectivity index (χ1) is 13.1. The summed E-state index contributed by atoms with van der Waals surface area (Å²) >= 11 is 1.67. The second-order valence-electron chi connectivity index (χ2n) is 6.48. The van der Waals surface area contributed by atoms with Gasteiger partial charge in [-0.15, -0.1) is 11.3 Å². The predicted octanol–water partition coefficient (Wildman–Crippen LogP) is 2.04. The molecule has 1 aliphatic heterocycles. The van der Waals surface area contributed by atoms with Crippen LogP contribution in [0.5, 0.6) is 0 Å². The molecule has 0 saturated carbocycles. The summed E-state index contributed by atoms with van der Waals surface area (Å²) < 4.78 is 61.3. The molecule has 0 aliphatic carbocycles. The summed E-state index contributed by atoms with van der Waals surface area (Å²) in [6, 6.07) is -0.139. The van der Waals surface area contributed by atoms with Gasteiger partial charge in [-0.05, 0) is 26.2 Å². The number of nitrogens with one attached hydrogen (secondary N) is 2. The fourth-order valence-electron chi connectivity index (χ4n) is 2.99. The number of piperidine rings is 1. The van der Waals surface area contributed by atoms with Crippen LogP contribution >= 0.6 is 11.3 Å². The van der Waals surface area contributed by atoms with Gasteiger partial charge in [-0.25, -0.2) is 13.4 Å². The number of aromatic nitrogens is 1. The van der Waals surface area contributed by atoms with E-state index in [1.807, 2.05) is 0 Å². The summed E-state index contributed by atoms with van der Waals surface area (Å²) in [5, 5.41) is 7.37. The Balaban J connectivity index is 1.79. The molecule has 0 unspecified atom stereocenters. The van der Waals surface area contributed by atoms with Gasteiger partial charge in [-0.1, -0.05) is 6.92 Å². The second kappa shape index (κ2) is 9.40. The Hall–Kier alpha value is -1.40. The van der Waals surface area contributed by atoms with Crippen LogP contribution in [-0.2, 0) is 22.9 Å². The molecule has 0 atom stereocenters. The Morgan fingerprint density at radius 3 is 2.50 bits per heavy atom. The molecule has 1 saturated heterocycles. The third-order valence-electron chi connectivity index (χ3n) is 4.55. The van der Waals surface area contributed by atoms with E-state index in [9.17, 15) is 21.6 Å². The summed E-state index contributed by atoms with van der Waals surface area (Å²) in [4.78, 5) is 9.93. The number of alkyl halides is 3. The molecule has 28 heavy (non-hydrogen) atoms. The summed E-state index contributed by atoms with van der Waals surface area (Å²) in [7, 11) is -3.64. The van der Waals surface area contributed by atoms with Crippen molar-refractivity contribution in [3.63, 3.8) is 0 Å². The van der Waals surface area contributed by atoms with Crippen molar-refractivity contribution in [2.45, 2.75) is 51.1 Å². The molecule has 0 aromatic carbocycles. The lowest BCUT2D eigenvalue weighted by molar-refractivity contribution is -0.0494. The van der Waals surface area contributed by atoms with Gasteiger partial charge in [0.1, 0.15) is 0 Å². The number of nitrogens with zero attached hydrogens (tertiary/aromatic N) is 3. The highest BCUT2D eigenvalue weighted by Gasteiger charge is 2.50. The van der Waals surface area contributed by atoms with E-state index in [-0.39, 0.29) is 32.0 Å². The lowest BCUT2D eigenvalue weighted by atomic mass is 10.1. The Morgan fingerprint density at radius 2 is 2.00 bits per heavy atom. The standard InChI is InChI=1S/C16H26F3N5O2S2/c1-4-13-11(2)27-14(23-13)5-8-21-15(20-3)22-12-6-9-24(10-7-12)28(25,26)16(17,18)19/h12H,4-10H2,1-3H3,(H2,20,21,22). The van der Waals surface area contributed by atoms with Gasteiger partial charge >= 0.3 is 15.5 Å². The van der Waals surface area contributed by atoms with E-state index in [0.29, 0.717) is 16.8 Å². The molecule has 2 N–H and O–H groups in total. The largest absolute Gasteiger partial charge is 0.511 e. The van der Waals surface area contributed by atoms with Crippen LogP contribution in [-0.4, -0.2) is 61.9 Å². The first kappa shape index (κ1) is 22.9. The molecule has 12 heteroatoms. The molecule has 160 valence electrons. The first-order valence-corrected chi connectivity index (χ1v) is 11.3. The highest BCUT2D eigenvalue weighted by atomic mass is 32.2. The third-order valence-corrected chi connectivity index (χ3v) is 7.26. The molecule has 0 amide bonds. The molecule has 0 bridgehead atoms. The van der Waals surface area contributed by atoms with Crippen LogP contribution in [0.15, 0.2) is 4.99 Å². The van der Waals surface area contributed by atoms with Crippen molar-refractivity contribution in [3.8, 4) is 0 Å². The van der Waals surface area contributed by atoms with Crippen molar-refractivity contribution in [3.05, 3.63) is 15.6 Å². The highest BCUT2D eigenvalue weighted by molar-refractivity contribution is 7.90. The molecule has 1 fully saturated rings. The Kier molecular flexibility index (Phi) is 7.68. The van der Waals surface area contributed by atoms with Crippen molar-refractivity contribution >= 4 is 27.3 Å². The van der Waals surface area contributed by atoms with Crippen molar-refractivity contribution in [1.82, 2.24) is 19.9 Å². The molecule has 2 rings (SSSR count). The molecule has 2 heterocycles. The molecule has 7 nitrogen and oxygen atoms in total. The van der Waals surface area contributed by atoms with Crippen molar-refractivity contribution in [1.29, 1.82) is 0 Å². The summed E-state index contributed by atoms with van der Waals surface area (Å²) in [5.41, 5.74) is -4.14. The second-order valence-corrected chi connectivity index (χ2v) is 9.70. The van der Waals surface area contributed by atoms with E-state index in [1.54, 1.807) is 18.4 Å². The van der Waals surface area contributed by atoms with E-state index < -0.39 is 15.5 Å². The van der Waals surface area contributed by atoms with Crippen molar-refractivity contribution in [2.75, 3.05) is 26.7 Å². The van der Waals surface area contributed by atoms with Crippen molar-refractivity contribution < 1.29 is 21.6 Å². The van der Waals surface area contributed by atoms with Crippen molar-refractivity contribution in [2.24, 2.45) is 4.99 Å². The van der Waals surface area contributed by atoms with Crippen LogP contribution in [0.3, 0.4) is 0 Å². The number of aliphatic imine (C=N–C) groups is 1. The zero-order valence-corrected chi connectivity index (χ0v) is 17.8. The van der Waals surface area contributed by atoms with Gasteiger partial charge in [0.2, 0.25) is 0 Å². The number of thiazole rings is 1. The van der Waals surface area contributed by atoms with Crippen LogP contribution in [0.4, 0.5) is 13.2 Å². The Labute approximate surface area is 167 Å². The molecule has 1 aromatic heterocycles. The number of halogens is 3. The number of hydrogen-bond acceptors (Lipinski definition) is 5. The van der Waals surface area contributed by atoms with Crippen LogP contribution in [0.2, 0.25) is 0 Å². The molecule has 0 radical (unpaired) electrons.